The van der Waals surface area contributed by atoms with Gasteiger partial charge in [-0.2, -0.15) is 0 Å². The SMILES string of the molecule is COc1cccc(CC2(C(=O)NC3CCC(C(=O)O)CC3)CC3CCC2C3)c1. The van der Waals surface area contributed by atoms with E-state index in [0.29, 0.717) is 24.7 Å². The average molecular weight is 386 g/mol. The zero-order valence-electron chi connectivity index (χ0n) is 16.7. The van der Waals surface area contributed by atoms with Crippen LogP contribution in [0.2, 0.25) is 0 Å². The Labute approximate surface area is 166 Å². The molecule has 1 amide bonds. The number of carbonyl (C=O) groups is 2. The summed E-state index contributed by atoms with van der Waals surface area (Å²) in [4.78, 5) is 24.7. The summed E-state index contributed by atoms with van der Waals surface area (Å²) in [6.45, 7) is 0. The van der Waals surface area contributed by atoms with Crippen molar-refractivity contribution in [3.05, 3.63) is 29.8 Å². The first-order chi connectivity index (χ1) is 13.5. The lowest BCUT2D eigenvalue weighted by Gasteiger charge is -2.39. The number of benzene rings is 1. The van der Waals surface area contributed by atoms with Gasteiger partial charge in [-0.15, -0.1) is 0 Å². The molecule has 1 aromatic carbocycles. The number of fused-ring (bicyclic) bond motifs is 2. The summed E-state index contributed by atoms with van der Waals surface area (Å²) in [7, 11) is 1.67. The standard InChI is InChI=1S/C23H31NO4/c1-28-20-4-2-3-15(12-20)13-23(14-16-5-8-18(23)11-16)22(27)24-19-9-6-17(7-10-19)21(25)26/h2-4,12,16-19H,5-11,13-14H2,1H3,(H,24,27)(H,25,26). The van der Waals surface area contributed by atoms with Gasteiger partial charge in [0.25, 0.3) is 0 Å². The largest absolute Gasteiger partial charge is 0.497 e. The molecule has 0 saturated heterocycles. The van der Waals surface area contributed by atoms with E-state index >= 15 is 0 Å². The van der Waals surface area contributed by atoms with Crippen molar-refractivity contribution in [1.82, 2.24) is 5.32 Å². The molecule has 2 N–H and O–H groups in total. The van der Waals surface area contributed by atoms with Crippen LogP contribution in [0.15, 0.2) is 24.3 Å². The molecule has 0 aromatic heterocycles. The van der Waals surface area contributed by atoms with E-state index in [1.807, 2.05) is 12.1 Å². The Kier molecular flexibility index (Phi) is 5.35. The Morgan fingerprint density at radius 3 is 2.57 bits per heavy atom. The van der Waals surface area contributed by atoms with E-state index in [0.717, 1.165) is 43.4 Å². The first-order valence-electron chi connectivity index (χ1n) is 10.7. The van der Waals surface area contributed by atoms with Crippen molar-refractivity contribution in [2.45, 2.75) is 63.8 Å². The van der Waals surface area contributed by atoms with Crippen LogP contribution in [0.4, 0.5) is 0 Å². The third-order valence-corrected chi connectivity index (χ3v) is 7.49. The van der Waals surface area contributed by atoms with Gasteiger partial charge in [-0.3, -0.25) is 9.59 Å². The van der Waals surface area contributed by atoms with Crippen LogP contribution in [0.3, 0.4) is 0 Å². The van der Waals surface area contributed by atoms with E-state index in [4.69, 9.17) is 4.74 Å². The highest BCUT2D eigenvalue weighted by atomic mass is 16.5. The first-order valence-corrected chi connectivity index (χ1v) is 10.7. The van der Waals surface area contributed by atoms with Crippen molar-refractivity contribution >= 4 is 11.9 Å². The smallest absolute Gasteiger partial charge is 0.306 e. The summed E-state index contributed by atoms with van der Waals surface area (Å²) in [5, 5.41) is 12.5. The van der Waals surface area contributed by atoms with Crippen LogP contribution in [0.5, 0.6) is 5.75 Å². The fraction of sp³-hybridized carbons (Fsp3) is 0.652. The summed E-state index contributed by atoms with van der Waals surface area (Å²) >= 11 is 0. The minimum Gasteiger partial charge on any atom is -0.497 e. The number of carboxylic acids is 1. The molecule has 28 heavy (non-hydrogen) atoms. The van der Waals surface area contributed by atoms with Crippen molar-refractivity contribution in [2.24, 2.45) is 23.2 Å². The molecular formula is C23H31NO4. The maximum absolute atomic E-state index is 13.5. The maximum Gasteiger partial charge on any atom is 0.306 e. The second kappa shape index (κ2) is 7.76. The molecule has 2 bridgehead atoms. The van der Waals surface area contributed by atoms with Crippen LogP contribution in [-0.4, -0.2) is 30.1 Å². The third-order valence-electron chi connectivity index (χ3n) is 7.49. The van der Waals surface area contributed by atoms with Gasteiger partial charge in [0.1, 0.15) is 5.75 Å². The van der Waals surface area contributed by atoms with Crippen LogP contribution in [-0.2, 0) is 16.0 Å². The van der Waals surface area contributed by atoms with Crippen molar-refractivity contribution < 1.29 is 19.4 Å². The van der Waals surface area contributed by atoms with Crippen molar-refractivity contribution in [2.75, 3.05) is 7.11 Å². The molecule has 0 aliphatic heterocycles. The van der Waals surface area contributed by atoms with Gasteiger partial charge < -0.3 is 15.2 Å². The van der Waals surface area contributed by atoms with Gasteiger partial charge >= 0.3 is 5.97 Å². The number of hydrogen-bond acceptors (Lipinski definition) is 3. The summed E-state index contributed by atoms with van der Waals surface area (Å²) in [6, 6.07) is 8.21. The molecule has 0 spiro atoms. The predicted molar refractivity (Wildman–Crippen MR) is 106 cm³/mol. The minimum absolute atomic E-state index is 0.115. The van der Waals surface area contributed by atoms with Gasteiger partial charge in [-0.25, -0.2) is 0 Å². The molecule has 1 aromatic rings. The number of amides is 1. The molecule has 5 heteroatoms. The third kappa shape index (κ3) is 3.63. The van der Waals surface area contributed by atoms with Gasteiger partial charge in [0.15, 0.2) is 0 Å². The molecule has 3 fully saturated rings. The van der Waals surface area contributed by atoms with Crippen LogP contribution < -0.4 is 10.1 Å². The number of carbonyl (C=O) groups excluding carboxylic acids is 1. The highest BCUT2D eigenvalue weighted by molar-refractivity contribution is 5.84. The Morgan fingerprint density at radius 2 is 1.96 bits per heavy atom. The number of ether oxygens (including phenoxy) is 1. The van der Waals surface area contributed by atoms with Gasteiger partial charge in [-0.05, 0) is 80.9 Å². The van der Waals surface area contributed by atoms with E-state index in [1.165, 1.54) is 12.8 Å². The second-order valence-corrected chi connectivity index (χ2v) is 9.12. The molecular weight excluding hydrogens is 354 g/mol. The van der Waals surface area contributed by atoms with Crippen LogP contribution in [0.25, 0.3) is 0 Å². The molecule has 3 atom stereocenters. The van der Waals surface area contributed by atoms with Crippen molar-refractivity contribution in [1.29, 1.82) is 0 Å². The minimum atomic E-state index is -0.702. The lowest BCUT2D eigenvalue weighted by molar-refractivity contribution is -0.143. The van der Waals surface area contributed by atoms with Crippen LogP contribution in [0.1, 0.15) is 56.9 Å². The molecule has 3 aliphatic rings. The van der Waals surface area contributed by atoms with E-state index in [2.05, 4.69) is 17.4 Å². The fourth-order valence-electron chi connectivity index (χ4n) is 5.98. The monoisotopic (exact) mass is 385 g/mol. The van der Waals surface area contributed by atoms with Gasteiger partial charge in [-0.1, -0.05) is 18.6 Å². The first kappa shape index (κ1) is 19.3. The highest BCUT2D eigenvalue weighted by Gasteiger charge is 2.55. The number of carboxylic acid groups (broad SMARTS) is 1. The summed E-state index contributed by atoms with van der Waals surface area (Å²) in [6.07, 6.45) is 8.17. The highest BCUT2D eigenvalue weighted by Crippen LogP contribution is 2.57. The lowest BCUT2D eigenvalue weighted by Crippen LogP contribution is -2.50. The zero-order valence-corrected chi connectivity index (χ0v) is 16.7. The Bertz CT molecular complexity index is 740. The number of aliphatic carboxylic acids is 1. The zero-order chi connectivity index (χ0) is 19.7. The predicted octanol–water partition coefficient (Wildman–Crippen LogP) is 3.80. The van der Waals surface area contributed by atoms with Gasteiger partial charge in [0, 0.05) is 6.04 Å². The Balaban J connectivity index is 1.49. The average Bonchev–Trinajstić information content (AvgIpc) is 3.30. The van der Waals surface area contributed by atoms with E-state index in [-0.39, 0.29) is 23.3 Å². The van der Waals surface area contributed by atoms with E-state index in [9.17, 15) is 14.7 Å². The molecule has 4 rings (SSSR count). The number of hydrogen-bond donors (Lipinski definition) is 2. The Morgan fingerprint density at radius 1 is 1.18 bits per heavy atom. The second-order valence-electron chi connectivity index (χ2n) is 9.12. The molecule has 0 heterocycles. The molecule has 3 saturated carbocycles. The fourth-order valence-corrected chi connectivity index (χ4v) is 5.98. The maximum atomic E-state index is 13.5. The quantitative estimate of drug-likeness (QED) is 0.781. The lowest BCUT2D eigenvalue weighted by atomic mass is 9.68. The molecule has 3 aliphatic carbocycles. The molecule has 152 valence electrons. The van der Waals surface area contributed by atoms with Gasteiger partial charge in [0.2, 0.25) is 5.91 Å². The van der Waals surface area contributed by atoms with E-state index in [1.54, 1.807) is 7.11 Å². The van der Waals surface area contributed by atoms with Crippen molar-refractivity contribution in [3.63, 3.8) is 0 Å². The number of rotatable bonds is 6. The molecule has 3 unspecified atom stereocenters. The number of nitrogens with one attached hydrogen (secondary N) is 1. The van der Waals surface area contributed by atoms with Crippen molar-refractivity contribution in [3.8, 4) is 5.75 Å². The van der Waals surface area contributed by atoms with E-state index < -0.39 is 5.97 Å². The van der Waals surface area contributed by atoms with Crippen LogP contribution in [0, 0.1) is 23.2 Å². The van der Waals surface area contributed by atoms with Gasteiger partial charge in [0.05, 0.1) is 18.4 Å². The normalized spacial score (nSPS) is 34.2. The summed E-state index contributed by atoms with van der Waals surface area (Å²) in [5.74, 6) is 1.21. The molecule has 0 radical (unpaired) electrons. The summed E-state index contributed by atoms with van der Waals surface area (Å²) in [5.41, 5.74) is 0.843. The number of methoxy groups -OCH3 is 1. The topological polar surface area (TPSA) is 75.6 Å². The van der Waals surface area contributed by atoms with Crippen LogP contribution >= 0.6 is 0 Å². The molecule has 5 nitrogen and oxygen atoms in total. The summed E-state index contributed by atoms with van der Waals surface area (Å²) < 4.78 is 5.38. The Hall–Kier alpha value is -2.04.